The second-order valence-electron chi connectivity index (χ2n) is 6.17. The minimum absolute atomic E-state index is 0. The summed E-state index contributed by atoms with van der Waals surface area (Å²) in [4.78, 5) is 12.4. The SMILES string of the molecule is Cc1cc(C(=O)NCC(N)C2CC2)c(C)n1-c1ccccc1.Cl. The van der Waals surface area contributed by atoms with E-state index in [0.29, 0.717) is 12.5 Å². The van der Waals surface area contributed by atoms with Crippen molar-refractivity contribution in [2.75, 3.05) is 6.54 Å². The Morgan fingerprint density at radius 1 is 1.30 bits per heavy atom. The quantitative estimate of drug-likeness (QED) is 0.883. The zero-order valence-electron chi connectivity index (χ0n) is 13.6. The minimum atomic E-state index is -0.0358. The topological polar surface area (TPSA) is 60.1 Å². The van der Waals surface area contributed by atoms with Gasteiger partial charge in [0, 0.05) is 29.7 Å². The molecule has 1 amide bonds. The molecule has 4 nitrogen and oxygen atoms in total. The summed E-state index contributed by atoms with van der Waals surface area (Å²) in [5.41, 5.74) is 9.87. The molecule has 1 aromatic heterocycles. The predicted molar refractivity (Wildman–Crippen MR) is 95.5 cm³/mol. The van der Waals surface area contributed by atoms with E-state index in [4.69, 9.17) is 5.73 Å². The Hall–Kier alpha value is -1.78. The Bertz CT molecular complexity index is 677. The molecule has 1 saturated carbocycles. The molecule has 0 aliphatic heterocycles. The van der Waals surface area contributed by atoms with Gasteiger partial charge in [0.1, 0.15) is 0 Å². The molecule has 0 radical (unpaired) electrons. The molecule has 0 spiro atoms. The summed E-state index contributed by atoms with van der Waals surface area (Å²) in [7, 11) is 0. The van der Waals surface area contributed by atoms with Gasteiger partial charge in [0.25, 0.3) is 5.91 Å². The maximum Gasteiger partial charge on any atom is 0.253 e. The summed E-state index contributed by atoms with van der Waals surface area (Å²) in [5.74, 6) is 0.559. The van der Waals surface area contributed by atoms with Crippen molar-refractivity contribution in [2.24, 2.45) is 11.7 Å². The molecule has 1 atom stereocenters. The lowest BCUT2D eigenvalue weighted by Gasteiger charge is -2.12. The lowest BCUT2D eigenvalue weighted by molar-refractivity contribution is 0.0949. The molecule has 1 heterocycles. The van der Waals surface area contributed by atoms with Crippen LogP contribution in [0, 0.1) is 19.8 Å². The third kappa shape index (κ3) is 3.77. The molecule has 124 valence electrons. The number of hydrogen-bond donors (Lipinski definition) is 2. The highest BCUT2D eigenvalue weighted by atomic mass is 35.5. The number of halogens is 1. The van der Waals surface area contributed by atoms with Crippen LogP contribution in [0.15, 0.2) is 36.4 Å². The first-order valence-electron chi connectivity index (χ1n) is 7.86. The molecule has 1 fully saturated rings. The van der Waals surface area contributed by atoms with Crippen LogP contribution in [-0.2, 0) is 0 Å². The van der Waals surface area contributed by atoms with Gasteiger partial charge in [0.15, 0.2) is 0 Å². The maximum absolute atomic E-state index is 12.4. The number of carbonyl (C=O) groups excluding carboxylic acids is 1. The molecule has 0 saturated heterocycles. The highest BCUT2D eigenvalue weighted by Crippen LogP contribution is 2.31. The molecule has 1 aromatic carbocycles. The van der Waals surface area contributed by atoms with Crippen LogP contribution in [0.2, 0.25) is 0 Å². The standard InChI is InChI=1S/C18H23N3O.ClH/c1-12-10-16(18(22)20-11-17(19)14-8-9-14)13(2)21(12)15-6-4-3-5-7-15;/h3-7,10,14,17H,8-9,11,19H2,1-2H3,(H,20,22);1H. The van der Waals surface area contributed by atoms with Gasteiger partial charge in [0.05, 0.1) is 5.56 Å². The zero-order valence-corrected chi connectivity index (χ0v) is 14.4. The highest BCUT2D eigenvalue weighted by Gasteiger charge is 2.28. The molecule has 2 aromatic rings. The fourth-order valence-electron chi connectivity index (χ4n) is 2.96. The predicted octanol–water partition coefficient (Wildman–Crippen LogP) is 2.98. The Balaban J connectivity index is 0.00000192. The van der Waals surface area contributed by atoms with E-state index in [1.807, 2.05) is 50.2 Å². The van der Waals surface area contributed by atoms with Crippen LogP contribution in [0.1, 0.15) is 34.6 Å². The Labute approximate surface area is 143 Å². The van der Waals surface area contributed by atoms with Crippen molar-refractivity contribution in [3.63, 3.8) is 0 Å². The minimum Gasteiger partial charge on any atom is -0.350 e. The molecule has 1 aliphatic rings. The van der Waals surface area contributed by atoms with E-state index < -0.39 is 0 Å². The van der Waals surface area contributed by atoms with Gasteiger partial charge in [-0.15, -0.1) is 12.4 Å². The first-order chi connectivity index (χ1) is 10.6. The molecule has 1 aliphatic carbocycles. The van der Waals surface area contributed by atoms with Gasteiger partial charge in [-0.25, -0.2) is 0 Å². The van der Waals surface area contributed by atoms with E-state index in [2.05, 4.69) is 9.88 Å². The highest BCUT2D eigenvalue weighted by molar-refractivity contribution is 5.96. The van der Waals surface area contributed by atoms with Gasteiger partial charge in [-0.05, 0) is 50.8 Å². The molecular weight excluding hydrogens is 310 g/mol. The molecule has 3 N–H and O–H groups in total. The van der Waals surface area contributed by atoms with Gasteiger partial charge < -0.3 is 15.6 Å². The van der Waals surface area contributed by atoms with Crippen molar-refractivity contribution < 1.29 is 4.79 Å². The van der Waals surface area contributed by atoms with Gasteiger partial charge in [-0.2, -0.15) is 0 Å². The van der Waals surface area contributed by atoms with Crippen molar-refractivity contribution in [3.8, 4) is 5.69 Å². The number of aryl methyl sites for hydroxylation is 1. The summed E-state index contributed by atoms with van der Waals surface area (Å²) < 4.78 is 2.11. The monoisotopic (exact) mass is 333 g/mol. The third-order valence-electron chi connectivity index (χ3n) is 4.42. The van der Waals surface area contributed by atoms with Gasteiger partial charge in [-0.3, -0.25) is 4.79 Å². The number of carbonyl (C=O) groups is 1. The fraction of sp³-hybridized carbons (Fsp3) is 0.389. The molecule has 23 heavy (non-hydrogen) atoms. The van der Waals surface area contributed by atoms with E-state index in [0.717, 1.165) is 22.6 Å². The van der Waals surface area contributed by atoms with Crippen LogP contribution in [0.5, 0.6) is 0 Å². The first kappa shape index (κ1) is 17.6. The number of aromatic nitrogens is 1. The van der Waals surface area contributed by atoms with Crippen LogP contribution >= 0.6 is 12.4 Å². The van der Waals surface area contributed by atoms with Crippen molar-refractivity contribution in [1.82, 2.24) is 9.88 Å². The van der Waals surface area contributed by atoms with E-state index in [1.54, 1.807) is 0 Å². The average Bonchev–Trinajstić information content (AvgIpc) is 3.32. The van der Waals surface area contributed by atoms with Gasteiger partial charge in [-0.1, -0.05) is 18.2 Å². The summed E-state index contributed by atoms with van der Waals surface area (Å²) >= 11 is 0. The Kier molecular flexibility index (Phi) is 5.50. The van der Waals surface area contributed by atoms with Crippen LogP contribution in [0.4, 0.5) is 0 Å². The van der Waals surface area contributed by atoms with Crippen LogP contribution < -0.4 is 11.1 Å². The Morgan fingerprint density at radius 3 is 2.57 bits per heavy atom. The normalized spacial score (nSPS) is 14.9. The van der Waals surface area contributed by atoms with Gasteiger partial charge in [0.2, 0.25) is 0 Å². The maximum atomic E-state index is 12.4. The largest absolute Gasteiger partial charge is 0.350 e. The lowest BCUT2D eigenvalue weighted by Crippen LogP contribution is -2.38. The van der Waals surface area contributed by atoms with Crippen molar-refractivity contribution in [1.29, 1.82) is 0 Å². The van der Waals surface area contributed by atoms with E-state index in [-0.39, 0.29) is 24.4 Å². The summed E-state index contributed by atoms with van der Waals surface area (Å²) in [6, 6.07) is 12.1. The van der Waals surface area contributed by atoms with E-state index >= 15 is 0 Å². The summed E-state index contributed by atoms with van der Waals surface area (Å²) in [6.45, 7) is 4.56. The number of amides is 1. The zero-order chi connectivity index (χ0) is 15.7. The average molecular weight is 334 g/mol. The number of hydrogen-bond acceptors (Lipinski definition) is 2. The van der Waals surface area contributed by atoms with Crippen LogP contribution in [0.25, 0.3) is 5.69 Å². The van der Waals surface area contributed by atoms with Crippen molar-refractivity contribution in [2.45, 2.75) is 32.7 Å². The fourth-order valence-corrected chi connectivity index (χ4v) is 2.96. The molecule has 5 heteroatoms. The van der Waals surface area contributed by atoms with Crippen LogP contribution in [0.3, 0.4) is 0 Å². The second kappa shape index (κ2) is 7.20. The summed E-state index contributed by atoms with van der Waals surface area (Å²) in [5, 5.41) is 2.98. The summed E-state index contributed by atoms with van der Waals surface area (Å²) in [6.07, 6.45) is 2.39. The lowest BCUT2D eigenvalue weighted by atomic mass is 10.2. The van der Waals surface area contributed by atoms with E-state index in [9.17, 15) is 4.79 Å². The van der Waals surface area contributed by atoms with Crippen LogP contribution in [-0.4, -0.2) is 23.1 Å². The number of para-hydroxylation sites is 1. The number of nitrogens with two attached hydrogens (primary N) is 1. The molecule has 1 unspecified atom stereocenters. The van der Waals surface area contributed by atoms with Crippen molar-refractivity contribution in [3.05, 3.63) is 53.3 Å². The number of nitrogens with one attached hydrogen (secondary N) is 1. The first-order valence-corrected chi connectivity index (χ1v) is 7.86. The van der Waals surface area contributed by atoms with Gasteiger partial charge >= 0.3 is 0 Å². The molecule has 3 rings (SSSR count). The number of nitrogens with zero attached hydrogens (tertiary/aromatic N) is 1. The van der Waals surface area contributed by atoms with Crippen molar-refractivity contribution >= 4 is 18.3 Å². The smallest absolute Gasteiger partial charge is 0.253 e. The Morgan fingerprint density at radius 2 is 1.96 bits per heavy atom. The third-order valence-corrected chi connectivity index (χ3v) is 4.42. The number of rotatable bonds is 5. The second-order valence-corrected chi connectivity index (χ2v) is 6.17. The van der Waals surface area contributed by atoms with E-state index in [1.165, 1.54) is 12.8 Å². The number of benzene rings is 1. The molecular formula is C18H24ClN3O. The molecule has 0 bridgehead atoms.